The quantitative estimate of drug-likeness (QED) is 0.0222. The molecule has 17 nitrogen and oxygen atoms in total. The van der Waals surface area contributed by atoms with E-state index in [1.54, 1.807) is 0 Å². The second-order valence-electron chi connectivity index (χ2n) is 25.3. The minimum atomic E-state index is -4.95. The number of unbranched alkanes of at least 4 members (excludes halogenated alkanes) is 27. The SMILES string of the molecule is CCC(C)CCCCCCCCCCC(=O)O[C@H](COC(=O)CCCCCCCCCCCCCC(C)C)COP(=O)(O)OC[C@@H](O)COP(=O)(O)OC[C@@H](COC(=O)CCCCCCCCC(C)C)OC(=O)CCCCCCCCC(C)CC. The zero-order chi connectivity index (χ0) is 63.2. The lowest BCUT2D eigenvalue weighted by Gasteiger charge is -2.21. The van der Waals surface area contributed by atoms with E-state index in [0.717, 1.165) is 114 Å². The van der Waals surface area contributed by atoms with Crippen molar-refractivity contribution in [1.82, 2.24) is 0 Å². The molecular weight excluding hydrogens is 1130 g/mol. The van der Waals surface area contributed by atoms with Crippen LogP contribution in [-0.4, -0.2) is 96.7 Å². The van der Waals surface area contributed by atoms with Crippen molar-refractivity contribution in [3.63, 3.8) is 0 Å². The fourth-order valence-corrected chi connectivity index (χ4v) is 11.3. The fraction of sp³-hybridized carbons (Fsp3) is 0.939. The molecule has 504 valence electrons. The molecule has 0 aromatic rings. The minimum absolute atomic E-state index is 0.101. The number of esters is 4. The van der Waals surface area contributed by atoms with Gasteiger partial charge in [-0.15, -0.1) is 0 Å². The number of ether oxygens (including phenoxy) is 4. The van der Waals surface area contributed by atoms with E-state index in [4.69, 9.17) is 37.0 Å². The monoisotopic (exact) mass is 1250 g/mol. The Morgan fingerprint density at radius 1 is 0.329 bits per heavy atom. The van der Waals surface area contributed by atoms with Crippen LogP contribution in [0.3, 0.4) is 0 Å². The Kier molecular flexibility index (Phi) is 54.8. The summed E-state index contributed by atoms with van der Waals surface area (Å²) in [6, 6.07) is 0. The molecule has 7 atom stereocenters. The van der Waals surface area contributed by atoms with Crippen LogP contribution in [0.2, 0.25) is 0 Å². The summed E-state index contributed by atoms with van der Waals surface area (Å²) in [7, 11) is -9.89. The van der Waals surface area contributed by atoms with Gasteiger partial charge in [0.15, 0.2) is 12.2 Å². The van der Waals surface area contributed by atoms with Crippen LogP contribution in [0.1, 0.15) is 319 Å². The molecule has 0 aromatic heterocycles. The molecule has 0 rings (SSSR count). The molecule has 19 heteroatoms. The first kappa shape index (κ1) is 83.1. The molecule has 0 bridgehead atoms. The van der Waals surface area contributed by atoms with Gasteiger partial charge in [-0.3, -0.25) is 37.3 Å². The van der Waals surface area contributed by atoms with Gasteiger partial charge in [-0.1, -0.05) is 267 Å². The third kappa shape index (κ3) is 58.2. The Hall–Kier alpha value is -1.94. The summed E-state index contributed by atoms with van der Waals surface area (Å²) in [4.78, 5) is 72.3. The van der Waals surface area contributed by atoms with E-state index < -0.39 is 97.5 Å². The average Bonchev–Trinajstić information content (AvgIpc) is 3.62. The Morgan fingerprint density at radius 2 is 0.565 bits per heavy atom. The van der Waals surface area contributed by atoms with Gasteiger partial charge in [0.05, 0.1) is 26.4 Å². The lowest BCUT2D eigenvalue weighted by atomic mass is 9.99. The standard InChI is InChI=1S/C66H128O17P2/c1-9-58(7)44-36-28-19-16-17-21-32-40-48-65(70)82-61(52-76-63(68)46-38-30-20-15-13-11-12-14-18-26-34-42-56(3)4)54-80-84(72,73)78-50-60(67)51-79-85(74,75)81-55-62(53-77-64(69)47-39-31-24-22-27-35-43-57(5)6)83-66(71)49-41-33-25-23-29-37-45-59(8)10-2/h56-62,67H,9-55H2,1-8H3,(H,72,73)(H,74,75)/t58?,59?,60-,61-,62-/m1/s1. The molecule has 3 N–H and O–H groups in total. The summed E-state index contributed by atoms with van der Waals surface area (Å²) >= 11 is 0. The molecule has 0 amide bonds. The third-order valence-electron chi connectivity index (χ3n) is 15.8. The van der Waals surface area contributed by atoms with Crippen LogP contribution < -0.4 is 0 Å². The molecule has 0 fully saturated rings. The van der Waals surface area contributed by atoms with Gasteiger partial charge in [-0.2, -0.15) is 0 Å². The Morgan fingerprint density at radius 3 is 0.835 bits per heavy atom. The molecule has 0 heterocycles. The molecule has 0 spiro atoms. The summed E-state index contributed by atoms with van der Waals surface area (Å²) in [5, 5.41) is 10.5. The largest absolute Gasteiger partial charge is 0.472 e. The van der Waals surface area contributed by atoms with Crippen molar-refractivity contribution in [3.05, 3.63) is 0 Å². The maximum atomic E-state index is 13.0. The molecule has 0 saturated carbocycles. The van der Waals surface area contributed by atoms with Crippen molar-refractivity contribution in [2.75, 3.05) is 39.6 Å². The van der Waals surface area contributed by atoms with Crippen LogP contribution in [0.15, 0.2) is 0 Å². The number of hydrogen-bond donors (Lipinski definition) is 3. The lowest BCUT2D eigenvalue weighted by molar-refractivity contribution is -0.161. The number of aliphatic hydroxyl groups excluding tert-OH is 1. The van der Waals surface area contributed by atoms with Gasteiger partial charge in [-0.05, 0) is 49.4 Å². The third-order valence-corrected chi connectivity index (χ3v) is 17.7. The highest BCUT2D eigenvalue weighted by molar-refractivity contribution is 7.47. The van der Waals surface area contributed by atoms with E-state index in [1.807, 2.05) is 0 Å². The smallest absolute Gasteiger partial charge is 0.462 e. The molecular formula is C66H128O17P2. The van der Waals surface area contributed by atoms with E-state index in [2.05, 4.69) is 55.4 Å². The van der Waals surface area contributed by atoms with Gasteiger partial charge < -0.3 is 33.8 Å². The zero-order valence-electron chi connectivity index (χ0n) is 55.2. The van der Waals surface area contributed by atoms with Crippen LogP contribution in [0.4, 0.5) is 0 Å². The second-order valence-corrected chi connectivity index (χ2v) is 28.2. The van der Waals surface area contributed by atoms with Crippen molar-refractivity contribution >= 4 is 39.5 Å². The van der Waals surface area contributed by atoms with Gasteiger partial charge >= 0.3 is 39.5 Å². The number of carbonyl (C=O) groups excluding carboxylic acids is 4. The highest BCUT2D eigenvalue weighted by Crippen LogP contribution is 2.45. The summed E-state index contributed by atoms with van der Waals surface area (Å²) < 4.78 is 68.1. The topological polar surface area (TPSA) is 237 Å². The van der Waals surface area contributed by atoms with E-state index in [-0.39, 0.29) is 25.7 Å². The van der Waals surface area contributed by atoms with E-state index in [0.29, 0.717) is 31.6 Å². The number of rotatable bonds is 63. The minimum Gasteiger partial charge on any atom is -0.462 e. The van der Waals surface area contributed by atoms with Crippen molar-refractivity contribution in [2.45, 2.75) is 337 Å². The van der Waals surface area contributed by atoms with Crippen molar-refractivity contribution in [2.24, 2.45) is 23.7 Å². The van der Waals surface area contributed by atoms with Gasteiger partial charge in [0, 0.05) is 25.7 Å². The molecule has 0 aliphatic heterocycles. The lowest BCUT2D eigenvalue weighted by Crippen LogP contribution is -2.30. The van der Waals surface area contributed by atoms with E-state index >= 15 is 0 Å². The zero-order valence-corrected chi connectivity index (χ0v) is 57.0. The van der Waals surface area contributed by atoms with Gasteiger partial charge in [0.25, 0.3) is 0 Å². The predicted molar refractivity (Wildman–Crippen MR) is 340 cm³/mol. The molecule has 0 radical (unpaired) electrons. The Labute approximate surface area is 517 Å². The second kappa shape index (κ2) is 56.1. The number of carbonyl (C=O) groups is 4. The number of phosphoric acid groups is 2. The summed E-state index contributed by atoms with van der Waals surface area (Å²) in [6.07, 6.45) is 36.3. The van der Waals surface area contributed by atoms with Crippen molar-refractivity contribution in [3.8, 4) is 0 Å². The molecule has 0 aromatic carbocycles. The summed E-state index contributed by atoms with van der Waals surface area (Å²) in [6.45, 7) is 14.0. The normalized spacial score (nSPS) is 15.0. The summed E-state index contributed by atoms with van der Waals surface area (Å²) in [5.74, 6) is 0.800. The van der Waals surface area contributed by atoms with Crippen LogP contribution in [0.5, 0.6) is 0 Å². The number of phosphoric ester groups is 2. The van der Waals surface area contributed by atoms with E-state index in [1.165, 1.54) is 116 Å². The Balaban J connectivity index is 5.25. The Bertz CT molecular complexity index is 1700. The van der Waals surface area contributed by atoms with E-state index in [9.17, 15) is 43.2 Å². The van der Waals surface area contributed by atoms with Gasteiger partial charge in [-0.25, -0.2) is 9.13 Å². The van der Waals surface area contributed by atoms with Gasteiger partial charge in [0.2, 0.25) is 0 Å². The molecule has 0 aliphatic rings. The van der Waals surface area contributed by atoms with Gasteiger partial charge in [0.1, 0.15) is 19.3 Å². The fourth-order valence-electron chi connectivity index (χ4n) is 9.72. The average molecular weight is 1260 g/mol. The molecule has 85 heavy (non-hydrogen) atoms. The molecule has 4 unspecified atom stereocenters. The first-order chi connectivity index (χ1) is 40.7. The maximum Gasteiger partial charge on any atom is 0.472 e. The van der Waals surface area contributed by atoms with Crippen LogP contribution in [0.25, 0.3) is 0 Å². The molecule has 0 aliphatic carbocycles. The highest BCUT2D eigenvalue weighted by Gasteiger charge is 2.30. The number of aliphatic hydroxyl groups is 1. The molecule has 0 saturated heterocycles. The van der Waals surface area contributed by atoms with Crippen molar-refractivity contribution < 1.29 is 80.2 Å². The highest BCUT2D eigenvalue weighted by atomic mass is 31.2. The first-order valence-electron chi connectivity index (χ1n) is 34.3. The number of hydrogen-bond acceptors (Lipinski definition) is 15. The van der Waals surface area contributed by atoms with Crippen LogP contribution >= 0.6 is 15.6 Å². The predicted octanol–water partition coefficient (Wildman–Crippen LogP) is 18.1. The first-order valence-corrected chi connectivity index (χ1v) is 37.3. The van der Waals surface area contributed by atoms with Crippen molar-refractivity contribution in [1.29, 1.82) is 0 Å². The van der Waals surface area contributed by atoms with Crippen LogP contribution in [-0.2, 0) is 65.4 Å². The maximum absolute atomic E-state index is 13.0. The van der Waals surface area contributed by atoms with Crippen LogP contribution in [0, 0.1) is 23.7 Å². The summed E-state index contributed by atoms with van der Waals surface area (Å²) in [5.41, 5.74) is 0.